The molecular formula is C10H12N4OS2. The third-order valence-corrected chi connectivity index (χ3v) is 2.15. The number of hydrazine groups is 1. The quantitative estimate of drug-likeness (QED) is 0.435. The standard InChI is InChI=1S/C10H12N4OS2/c1-6-2-4-7(5-3-6)8(15)12-10(17)14-13-9(11)16/h2-5H,1H3,(H3,11,13,16)(H2,12,14,15,17). The maximum absolute atomic E-state index is 11.7. The molecule has 17 heavy (non-hydrogen) atoms. The molecule has 0 spiro atoms. The smallest absolute Gasteiger partial charge is 0.257 e. The predicted molar refractivity (Wildman–Crippen MR) is 74.3 cm³/mol. The normalized spacial score (nSPS) is 9.24. The number of hydrogen-bond acceptors (Lipinski definition) is 3. The lowest BCUT2D eigenvalue weighted by Crippen LogP contribution is -2.50. The Bertz CT molecular complexity index is 444. The molecule has 0 atom stereocenters. The number of rotatable bonds is 1. The zero-order valence-electron chi connectivity index (χ0n) is 9.11. The highest BCUT2D eigenvalue weighted by Crippen LogP contribution is 2.02. The van der Waals surface area contributed by atoms with Gasteiger partial charge < -0.3 is 5.73 Å². The van der Waals surface area contributed by atoms with Gasteiger partial charge in [0.25, 0.3) is 5.91 Å². The first-order valence-corrected chi connectivity index (χ1v) is 5.54. The number of nitrogens with two attached hydrogens (primary N) is 1. The van der Waals surface area contributed by atoms with E-state index in [2.05, 4.69) is 28.4 Å². The van der Waals surface area contributed by atoms with Gasteiger partial charge >= 0.3 is 0 Å². The molecule has 0 radical (unpaired) electrons. The van der Waals surface area contributed by atoms with Crippen molar-refractivity contribution in [3.05, 3.63) is 35.4 Å². The second kappa shape index (κ2) is 6.12. The van der Waals surface area contributed by atoms with Gasteiger partial charge in [0.2, 0.25) is 0 Å². The molecule has 0 aromatic heterocycles. The first kappa shape index (κ1) is 13.3. The molecule has 0 bridgehead atoms. The van der Waals surface area contributed by atoms with Crippen LogP contribution in [0, 0.1) is 6.92 Å². The van der Waals surface area contributed by atoms with Gasteiger partial charge in [-0.15, -0.1) is 0 Å². The zero-order chi connectivity index (χ0) is 12.8. The predicted octanol–water partition coefficient (Wildman–Crippen LogP) is 0.348. The third-order valence-electron chi connectivity index (χ3n) is 1.84. The van der Waals surface area contributed by atoms with Gasteiger partial charge in [-0.1, -0.05) is 17.7 Å². The van der Waals surface area contributed by atoms with Gasteiger partial charge in [-0.25, -0.2) is 0 Å². The van der Waals surface area contributed by atoms with Crippen LogP contribution in [0.15, 0.2) is 24.3 Å². The van der Waals surface area contributed by atoms with Crippen LogP contribution < -0.4 is 21.9 Å². The van der Waals surface area contributed by atoms with Crippen LogP contribution in [-0.2, 0) is 0 Å². The minimum atomic E-state index is -0.299. The Labute approximate surface area is 110 Å². The van der Waals surface area contributed by atoms with Gasteiger partial charge in [-0.2, -0.15) is 0 Å². The lowest BCUT2D eigenvalue weighted by molar-refractivity contribution is 0.0976. The second-order valence-electron chi connectivity index (χ2n) is 3.26. The highest BCUT2D eigenvalue weighted by Gasteiger charge is 2.06. The van der Waals surface area contributed by atoms with Gasteiger partial charge in [0.05, 0.1) is 0 Å². The molecule has 1 aromatic carbocycles. The van der Waals surface area contributed by atoms with Crippen molar-refractivity contribution in [3.8, 4) is 0 Å². The van der Waals surface area contributed by atoms with Crippen LogP contribution in [-0.4, -0.2) is 16.1 Å². The fourth-order valence-electron chi connectivity index (χ4n) is 1.03. The van der Waals surface area contributed by atoms with E-state index in [9.17, 15) is 4.79 Å². The lowest BCUT2D eigenvalue weighted by Gasteiger charge is -2.10. The molecule has 1 rings (SSSR count). The fourth-order valence-corrected chi connectivity index (χ4v) is 1.22. The minimum absolute atomic E-state index is 0.0388. The average molecular weight is 268 g/mol. The number of hydrogen-bond donors (Lipinski definition) is 4. The SMILES string of the molecule is Cc1ccc(C(=O)NC(=S)NNC(N)=S)cc1. The minimum Gasteiger partial charge on any atom is -0.375 e. The molecule has 0 aliphatic rings. The number of aryl methyl sites for hydroxylation is 1. The number of thiocarbonyl (C=S) groups is 2. The molecule has 7 heteroatoms. The van der Waals surface area contributed by atoms with Crippen molar-refractivity contribution < 1.29 is 4.79 Å². The summed E-state index contributed by atoms with van der Waals surface area (Å²) < 4.78 is 0. The van der Waals surface area contributed by atoms with Gasteiger partial charge in [-0.3, -0.25) is 21.0 Å². The number of benzene rings is 1. The van der Waals surface area contributed by atoms with E-state index in [-0.39, 0.29) is 16.1 Å². The van der Waals surface area contributed by atoms with E-state index >= 15 is 0 Å². The van der Waals surface area contributed by atoms with Crippen molar-refractivity contribution in [1.82, 2.24) is 16.2 Å². The molecule has 0 heterocycles. The third kappa shape index (κ3) is 4.75. The largest absolute Gasteiger partial charge is 0.375 e. The van der Waals surface area contributed by atoms with Gasteiger partial charge in [0.15, 0.2) is 10.2 Å². The summed E-state index contributed by atoms with van der Waals surface area (Å²) in [6.07, 6.45) is 0. The first-order chi connectivity index (χ1) is 7.99. The van der Waals surface area contributed by atoms with Crippen molar-refractivity contribution >= 4 is 40.6 Å². The Hall–Kier alpha value is -1.73. The van der Waals surface area contributed by atoms with E-state index in [4.69, 9.17) is 18.0 Å². The van der Waals surface area contributed by atoms with Crippen LogP contribution in [0.25, 0.3) is 0 Å². The van der Waals surface area contributed by atoms with Crippen molar-refractivity contribution in [2.75, 3.05) is 0 Å². The molecule has 1 aromatic rings. The molecule has 0 saturated heterocycles. The molecule has 90 valence electrons. The Morgan fingerprint density at radius 2 is 1.76 bits per heavy atom. The molecule has 0 fully saturated rings. The van der Waals surface area contributed by atoms with Gasteiger partial charge in [0.1, 0.15) is 0 Å². The summed E-state index contributed by atoms with van der Waals surface area (Å²) in [5, 5.41) is 2.61. The number of amides is 1. The molecule has 1 amide bonds. The topological polar surface area (TPSA) is 79.2 Å². The highest BCUT2D eigenvalue weighted by atomic mass is 32.1. The fraction of sp³-hybridized carbons (Fsp3) is 0.100. The maximum atomic E-state index is 11.7. The highest BCUT2D eigenvalue weighted by molar-refractivity contribution is 7.80. The van der Waals surface area contributed by atoms with Gasteiger partial charge in [0, 0.05) is 5.56 Å². The first-order valence-electron chi connectivity index (χ1n) is 4.72. The van der Waals surface area contributed by atoms with E-state index in [1.807, 2.05) is 19.1 Å². The average Bonchev–Trinajstić information content (AvgIpc) is 2.27. The summed E-state index contributed by atoms with van der Waals surface area (Å²) in [6, 6.07) is 7.12. The molecule has 0 aliphatic heterocycles. The molecule has 0 unspecified atom stereocenters. The van der Waals surface area contributed by atoms with E-state index in [1.54, 1.807) is 12.1 Å². The van der Waals surface area contributed by atoms with Crippen LogP contribution in [0.3, 0.4) is 0 Å². The summed E-state index contributed by atoms with van der Waals surface area (Å²) in [5.41, 5.74) is 11.7. The van der Waals surface area contributed by atoms with Crippen molar-refractivity contribution in [2.45, 2.75) is 6.92 Å². The molecule has 5 N–H and O–H groups in total. The summed E-state index contributed by atoms with van der Waals surface area (Å²) in [4.78, 5) is 11.7. The van der Waals surface area contributed by atoms with E-state index in [0.717, 1.165) is 5.56 Å². The van der Waals surface area contributed by atoms with Crippen molar-refractivity contribution in [1.29, 1.82) is 0 Å². The Kier molecular flexibility index (Phi) is 4.80. The van der Waals surface area contributed by atoms with E-state index < -0.39 is 0 Å². The van der Waals surface area contributed by atoms with Crippen molar-refractivity contribution in [2.24, 2.45) is 5.73 Å². The van der Waals surface area contributed by atoms with Crippen LogP contribution in [0.1, 0.15) is 15.9 Å². The van der Waals surface area contributed by atoms with E-state index in [0.29, 0.717) is 5.56 Å². The molecule has 5 nitrogen and oxygen atoms in total. The lowest BCUT2D eigenvalue weighted by atomic mass is 10.1. The summed E-state index contributed by atoms with van der Waals surface area (Å²) >= 11 is 9.42. The van der Waals surface area contributed by atoms with E-state index in [1.165, 1.54) is 0 Å². The van der Waals surface area contributed by atoms with Crippen LogP contribution >= 0.6 is 24.4 Å². The van der Waals surface area contributed by atoms with Crippen LogP contribution in [0.2, 0.25) is 0 Å². The summed E-state index contributed by atoms with van der Waals surface area (Å²) in [5.74, 6) is -0.299. The summed E-state index contributed by atoms with van der Waals surface area (Å²) in [7, 11) is 0. The van der Waals surface area contributed by atoms with Gasteiger partial charge in [-0.05, 0) is 43.5 Å². The zero-order valence-corrected chi connectivity index (χ0v) is 10.7. The number of carbonyl (C=O) groups excluding carboxylic acids is 1. The van der Waals surface area contributed by atoms with Crippen molar-refractivity contribution in [3.63, 3.8) is 0 Å². The molecular weight excluding hydrogens is 256 g/mol. The van der Waals surface area contributed by atoms with Crippen LogP contribution in [0.5, 0.6) is 0 Å². The Morgan fingerprint density at radius 1 is 1.18 bits per heavy atom. The summed E-state index contributed by atoms with van der Waals surface area (Å²) in [6.45, 7) is 1.94. The Balaban J connectivity index is 2.51. The van der Waals surface area contributed by atoms with Crippen LogP contribution in [0.4, 0.5) is 0 Å². The molecule has 0 saturated carbocycles. The number of nitrogens with one attached hydrogen (secondary N) is 3. The second-order valence-corrected chi connectivity index (χ2v) is 4.11. The number of carbonyl (C=O) groups is 1. The monoisotopic (exact) mass is 268 g/mol. The molecule has 0 aliphatic carbocycles. The Morgan fingerprint density at radius 3 is 2.29 bits per heavy atom. The maximum Gasteiger partial charge on any atom is 0.257 e.